The van der Waals surface area contributed by atoms with E-state index in [9.17, 15) is 14.4 Å². The Kier molecular flexibility index (Phi) is 9.88. The van der Waals surface area contributed by atoms with Crippen LogP contribution in [-0.2, 0) is 14.4 Å². The number of carbonyl (C=O) groups is 3. The van der Waals surface area contributed by atoms with E-state index in [4.69, 9.17) is 14.9 Å². The summed E-state index contributed by atoms with van der Waals surface area (Å²) in [7, 11) is 1.75. The van der Waals surface area contributed by atoms with Crippen LogP contribution in [0.4, 0.5) is 5.69 Å². The largest absolute Gasteiger partial charge is 0.495 e. The normalized spacial score (nSPS) is 27.6. The summed E-state index contributed by atoms with van der Waals surface area (Å²) in [5, 5.41) is 19.0. The fourth-order valence-electron chi connectivity index (χ4n) is 7.48. The van der Waals surface area contributed by atoms with Crippen LogP contribution >= 0.6 is 0 Å². The predicted molar refractivity (Wildman–Crippen MR) is 149 cm³/mol. The van der Waals surface area contributed by atoms with E-state index in [1.165, 1.54) is 44.2 Å². The number of nitrogens with zero attached hydrogens (tertiary/aromatic N) is 2. The first-order valence-corrected chi connectivity index (χ1v) is 14.3. The van der Waals surface area contributed by atoms with E-state index >= 15 is 0 Å². The maximum absolute atomic E-state index is 13.0. The lowest BCUT2D eigenvalue weighted by atomic mass is 9.49. The molecule has 0 aromatic heterocycles. The highest BCUT2D eigenvalue weighted by Gasteiger charge is 2.54. The van der Waals surface area contributed by atoms with Crippen molar-refractivity contribution in [2.24, 2.45) is 23.2 Å². The number of hydrogen-bond donors (Lipinski definition) is 3. The Morgan fingerprint density at radius 2 is 1.49 bits per heavy atom. The molecule has 1 aromatic rings. The first kappa shape index (κ1) is 28.9. The molecule has 0 spiro atoms. The topological polar surface area (TPSA) is 119 Å². The quantitative estimate of drug-likeness (QED) is 0.303. The van der Waals surface area contributed by atoms with E-state index in [2.05, 4.69) is 27.2 Å². The Hall–Kier alpha value is -3.07. The first-order chi connectivity index (χ1) is 18.8. The Morgan fingerprint density at radius 1 is 0.923 bits per heavy atom. The van der Waals surface area contributed by atoms with Crippen molar-refractivity contribution in [1.29, 1.82) is 0 Å². The van der Waals surface area contributed by atoms with E-state index in [-0.39, 0.29) is 5.41 Å². The highest BCUT2D eigenvalue weighted by atomic mass is 16.5. The molecule has 4 aliphatic carbocycles. The van der Waals surface area contributed by atoms with Crippen LogP contribution in [0.15, 0.2) is 36.4 Å². The summed E-state index contributed by atoms with van der Waals surface area (Å²) in [6.45, 7) is 6.26. The zero-order chi connectivity index (χ0) is 27.8. The molecule has 4 saturated carbocycles. The number of para-hydroxylation sites is 2. The average Bonchev–Trinajstić information content (AvgIpc) is 2.91. The number of piperazine rings is 1. The zero-order valence-corrected chi connectivity index (χ0v) is 23.0. The molecule has 9 heteroatoms. The smallest absolute Gasteiger partial charge is 0.328 e. The second-order valence-corrected chi connectivity index (χ2v) is 11.7. The van der Waals surface area contributed by atoms with Gasteiger partial charge in [0.25, 0.3) is 0 Å². The van der Waals surface area contributed by atoms with Gasteiger partial charge >= 0.3 is 11.9 Å². The number of carboxylic acids is 2. The number of ether oxygens (including phenoxy) is 1. The van der Waals surface area contributed by atoms with Crippen molar-refractivity contribution in [3.63, 3.8) is 0 Å². The number of benzene rings is 1. The molecule has 5 aliphatic rings. The molecule has 214 valence electrons. The van der Waals surface area contributed by atoms with Crippen molar-refractivity contribution in [1.82, 2.24) is 10.2 Å². The summed E-state index contributed by atoms with van der Waals surface area (Å²) in [5.74, 6) is 1.35. The summed E-state index contributed by atoms with van der Waals surface area (Å²) < 4.78 is 5.52. The van der Waals surface area contributed by atoms with E-state index < -0.39 is 11.9 Å². The number of carbonyl (C=O) groups excluding carboxylic acids is 1. The Bertz CT molecular complexity index is 982. The molecule has 39 heavy (non-hydrogen) atoms. The fraction of sp³-hybridized carbons (Fsp3) is 0.633. The molecule has 6 rings (SSSR count). The molecule has 0 unspecified atom stereocenters. The predicted octanol–water partition coefficient (Wildman–Crippen LogP) is 3.64. The minimum absolute atomic E-state index is 0.00355. The molecule has 0 radical (unpaired) electrons. The minimum Gasteiger partial charge on any atom is -0.495 e. The van der Waals surface area contributed by atoms with Gasteiger partial charge in [-0.1, -0.05) is 12.1 Å². The number of amides is 1. The van der Waals surface area contributed by atoms with Crippen molar-refractivity contribution in [2.75, 3.05) is 51.3 Å². The van der Waals surface area contributed by atoms with Gasteiger partial charge in [-0.25, -0.2) is 9.59 Å². The van der Waals surface area contributed by atoms with Crippen molar-refractivity contribution < 1.29 is 29.3 Å². The zero-order valence-electron chi connectivity index (χ0n) is 23.0. The molecule has 1 amide bonds. The number of methoxy groups -OCH3 is 1. The molecule has 1 aliphatic heterocycles. The number of hydrogen-bond acceptors (Lipinski definition) is 6. The number of carboxylic acid groups (broad SMARTS) is 2. The Labute approximate surface area is 231 Å². The Morgan fingerprint density at radius 3 is 2.03 bits per heavy atom. The van der Waals surface area contributed by atoms with Crippen LogP contribution in [0.3, 0.4) is 0 Å². The average molecular weight is 542 g/mol. The van der Waals surface area contributed by atoms with Crippen molar-refractivity contribution in [3.8, 4) is 5.75 Å². The van der Waals surface area contributed by atoms with Crippen molar-refractivity contribution in [2.45, 2.75) is 51.4 Å². The third-order valence-electron chi connectivity index (χ3n) is 8.87. The van der Waals surface area contributed by atoms with Crippen LogP contribution in [0.1, 0.15) is 51.4 Å². The van der Waals surface area contributed by atoms with Crippen molar-refractivity contribution >= 4 is 23.5 Å². The van der Waals surface area contributed by atoms with Gasteiger partial charge in [0.15, 0.2) is 0 Å². The van der Waals surface area contributed by atoms with Gasteiger partial charge in [-0.15, -0.1) is 0 Å². The fourth-order valence-corrected chi connectivity index (χ4v) is 7.48. The van der Waals surface area contributed by atoms with Gasteiger partial charge < -0.3 is 25.2 Å². The minimum atomic E-state index is -1.26. The summed E-state index contributed by atoms with van der Waals surface area (Å²) in [6.07, 6.45) is 11.1. The summed E-state index contributed by atoms with van der Waals surface area (Å²) >= 11 is 0. The maximum atomic E-state index is 13.0. The standard InChI is InChI=1S/C26H39N3O2.C4H4O4/c1-31-24-7-3-2-6-23(24)29-12-10-28(11-13-29)9-5-4-8-27-25(30)26-17-20-14-21(18-26)16-22(15-20)19-26;5-3(6)1-2-4(7)8/h2-3,6-7,20-22H,4-5,8-19H2,1H3,(H,27,30);1-2H,(H,5,6)(H,7,8)/b;2-1+. The van der Waals surface area contributed by atoms with Crippen LogP contribution in [0.5, 0.6) is 5.75 Å². The molecule has 5 fully saturated rings. The third kappa shape index (κ3) is 7.75. The van der Waals surface area contributed by atoms with E-state index in [1.54, 1.807) is 7.11 Å². The van der Waals surface area contributed by atoms with Crippen LogP contribution in [0.25, 0.3) is 0 Å². The lowest BCUT2D eigenvalue weighted by Gasteiger charge is -2.55. The van der Waals surface area contributed by atoms with Crippen molar-refractivity contribution in [3.05, 3.63) is 36.4 Å². The SMILES string of the molecule is COc1ccccc1N1CCN(CCCCNC(=O)C23CC4CC(CC(C4)C2)C3)CC1.O=C(O)/C=C/C(=O)O. The monoisotopic (exact) mass is 541 g/mol. The summed E-state index contributed by atoms with van der Waals surface area (Å²) in [4.78, 5) is 37.1. The Balaban J connectivity index is 0.000000386. The number of anilines is 1. The molecule has 3 N–H and O–H groups in total. The molecule has 0 atom stereocenters. The van der Waals surface area contributed by atoms with Crippen LogP contribution in [0, 0.1) is 23.2 Å². The molecular formula is C30H43N3O6. The van der Waals surface area contributed by atoms with Crippen LogP contribution in [-0.4, -0.2) is 79.3 Å². The molecule has 1 heterocycles. The number of unbranched alkanes of at least 4 members (excludes halogenated alkanes) is 1. The maximum Gasteiger partial charge on any atom is 0.328 e. The van der Waals surface area contributed by atoms with E-state index in [0.29, 0.717) is 18.1 Å². The second kappa shape index (κ2) is 13.3. The van der Waals surface area contributed by atoms with E-state index in [0.717, 1.165) is 75.6 Å². The second-order valence-electron chi connectivity index (χ2n) is 11.7. The highest BCUT2D eigenvalue weighted by molar-refractivity contribution is 5.89. The summed E-state index contributed by atoms with van der Waals surface area (Å²) in [6, 6.07) is 8.31. The highest BCUT2D eigenvalue weighted by Crippen LogP contribution is 2.60. The summed E-state index contributed by atoms with van der Waals surface area (Å²) in [5.41, 5.74) is 1.21. The lowest BCUT2D eigenvalue weighted by Crippen LogP contribution is -2.53. The van der Waals surface area contributed by atoms with Gasteiger partial charge in [0.2, 0.25) is 5.91 Å². The molecule has 4 bridgehead atoms. The number of aliphatic carboxylic acids is 2. The third-order valence-corrected chi connectivity index (χ3v) is 8.87. The van der Waals surface area contributed by atoms with Gasteiger partial charge in [-0.05, 0) is 87.8 Å². The van der Waals surface area contributed by atoms with E-state index in [1.807, 2.05) is 12.1 Å². The number of rotatable bonds is 10. The molecular weight excluding hydrogens is 498 g/mol. The van der Waals surface area contributed by atoms with Gasteiger partial charge in [-0.2, -0.15) is 0 Å². The van der Waals surface area contributed by atoms with Gasteiger partial charge in [0.1, 0.15) is 5.75 Å². The molecule has 1 saturated heterocycles. The van der Waals surface area contributed by atoms with Gasteiger partial charge in [0, 0.05) is 50.3 Å². The molecule has 1 aromatic carbocycles. The van der Waals surface area contributed by atoms with Gasteiger partial charge in [-0.3, -0.25) is 9.69 Å². The molecule has 9 nitrogen and oxygen atoms in total. The lowest BCUT2D eigenvalue weighted by molar-refractivity contribution is -0.146. The van der Waals surface area contributed by atoms with Crippen LogP contribution < -0.4 is 15.0 Å². The van der Waals surface area contributed by atoms with Crippen LogP contribution in [0.2, 0.25) is 0 Å². The number of nitrogens with one attached hydrogen (secondary N) is 1. The van der Waals surface area contributed by atoms with Gasteiger partial charge in [0.05, 0.1) is 12.8 Å². The first-order valence-electron chi connectivity index (χ1n) is 14.3.